The first-order valence-electron chi connectivity index (χ1n) is 4.35. The largest absolute Gasteiger partial charge is 0.321 e. The van der Waals surface area contributed by atoms with E-state index in [0.717, 1.165) is 6.42 Å². The van der Waals surface area contributed by atoms with E-state index < -0.39 is 0 Å². The lowest BCUT2D eigenvalue weighted by Crippen LogP contribution is -2.35. The van der Waals surface area contributed by atoms with Crippen LogP contribution in [0.1, 0.15) is 40.0 Å². The molecule has 0 aromatic carbocycles. The van der Waals surface area contributed by atoms with Crippen molar-refractivity contribution in [3.05, 3.63) is 0 Å². The Morgan fingerprint density at radius 1 is 1.55 bits per heavy atom. The van der Waals surface area contributed by atoms with Crippen LogP contribution in [-0.4, -0.2) is 11.8 Å². The van der Waals surface area contributed by atoms with Crippen LogP contribution in [0.15, 0.2) is 0 Å². The standard InChI is InChI=1S/C9H19NO/c1-4-5-6-7(2)9(10)8(3)11/h7,9H,4-6,10H2,1-3H3/t7-,9+/m0/s1. The number of Topliss-reactive ketones (excluding diaryl/α,β-unsaturated/α-hetero) is 1. The highest BCUT2D eigenvalue weighted by molar-refractivity contribution is 5.81. The summed E-state index contributed by atoms with van der Waals surface area (Å²) in [5.74, 6) is 0.445. The lowest BCUT2D eigenvalue weighted by molar-refractivity contribution is -0.119. The fraction of sp³-hybridized carbons (Fsp3) is 0.889. The SMILES string of the molecule is CCCC[C@H](C)[C@@H](N)C(C)=O. The van der Waals surface area contributed by atoms with Gasteiger partial charge in [0.1, 0.15) is 5.78 Å². The number of hydrogen-bond acceptors (Lipinski definition) is 2. The molecule has 11 heavy (non-hydrogen) atoms. The Labute approximate surface area is 69.2 Å². The Morgan fingerprint density at radius 3 is 2.45 bits per heavy atom. The summed E-state index contributed by atoms with van der Waals surface area (Å²) in [5.41, 5.74) is 5.65. The molecule has 0 saturated carbocycles. The number of carbonyl (C=O) groups is 1. The predicted molar refractivity (Wildman–Crippen MR) is 47.3 cm³/mol. The second kappa shape index (κ2) is 5.30. The number of rotatable bonds is 5. The molecule has 0 heterocycles. The first-order valence-corrected chi connectivity index (χ1v) is 4.35. The first-order chi connectivity index (χ1) is 5.09. The van der Waals surface area contributed by atoms with Crippen LogP contribution < -0.4 is 5.73 Å². The maximum Gasteiger partial charge on any atom is 0.146 e. The quantitative estimate of drug-likeness (QED) is 0.660. The highest BCUT2D eigenvalue weighted by Crippen LogP contribution is 2.10. The topological polar surface area (TPSA) is 43.1 Å². The van der Waals surface area contributed by atoms with Crippen LogP contribution in [0, 0.1) is 5.92 Å². The molecule has 0 rings (SSSR count). The number of unbranched alkanes of at least 4 members (excludes halogenated alkanes) is 1. The van der Waals surface area contributed by atoms with E-state index in [0.29, 0.717) is 5.92 Å². The van der Waals surface area contributed by atoms with Crippen molar-refractivity contribution >= 4 is 5.78 Å². The van der Waals surface area contributed by atoms with Crippen LogP contribution in [0.5, 0.6) is 0 Å². The van der Waals surface area contributed by atoms with E-state index in [1.807, 2.05) is 6.92 Å². The molecule has 0 radical (unpaired) electrons. The molecule has 66 valence electrons. The summed E-state index contributed by atoms with van der Waals surface area (Å²) in [6.07, 6.45) is 3.41. The number of nitrogens with two attached hydrogens (primary N) is 1. The fourth-order valence-electron chi connectivity index (χ4n) is 1.11. The van der Waals surface area contributed by atoms with Gasteiger partial charge in [0.05, 0.1) is 6.04 Å². The molecule has 2 N–H and O–H groups in total. The highest BCUT2D eigenvalue weighted by Gasteiger charge is 2.15. The molecule has 0 unspecified atom stereocenters. The van der Waals surface area contributed by atoms with Crippen molar-refractivity contribution in [3.63, 3.8) is 0 Å². The maximum atomic E-state index is 10.8. The van der Waals surface area contributed by atoms with Gasteiger partial charge in [-0.25, -0.2) is 0 Å². The van der Waals surface area contributed by atoms with E-state index in [2.05, 4.69) is 6.92 Å². The lowest BCUT2D eigenvalue weighted by Gasteiger charge is -2.16. The molecular formula is C9H19NO. The summed E-state index contributed by atoms with van der Waals surface area (Å²) >= 11 is 0. The molecule has 0 fully saturated rings. The van der Waals surface area contributed by atoms with Gasteiger partial charge in [-0.15, -0.1) is 0 Å². The summed E-state index contributed by atoms with van der Waals surface area (Å²) in [6.45, 7) is 5.75. The number of hydrogen-bond donors (Lipinski definition) is 1. The minimum absolute atomic E-state index is 0.105. The average Bonchev–Trinajstić information content (AvgIpc) is 1.98. The van der Waals surface area contributed by atoms with Crippen molar-refractivity contribution in [2.24, 2.45) is 11.7 Å². The molecule has 0 saturated heterocycles. The van der Waals surface area contributed by atoms with Gasteiger partial charge in [-0.2, -0.15) is 0 Å². The minimum Gasteiger partial charge on any atom is -0.321 e. The van der Waals surface area contributed by atoms with E-state index in [1.165, 1.54) is 12.8 Å². The second-order valence-electron chi connectivity index (χ2n) is 3.26. The van der Waals surface area contributed by atoms with Crippen molar-refractivity contribution in [2.75, 3.05) is 0 Å². The van der Waals surface area contributed by atoms with E-state index in [9.17, 15) is 4.79 Å². The highest BCUT2D eigenvalue weighted by atomic mass is 16.1. The zero-order valence-electron chi connectivity index (χ0n) is 7.76. The predicted octanol–water partition coefficient (Wildman–Crippen LogP) is 1.73. The van der Waals surface area contributed by atoms with Gasteiger partial charge in [-0.05, 0) is 19.3 Å². The molecule has 0 aliphatic heterocycles. The molecule has 0 aliphatic rings. The van der Waals surface area contributed by atoms with E-state index >= 15 is 0 Å². The monoisotopic (exact) mass is 157 g/mol. The third kappa shape index (κ3) is 4.14. The van der Waals surface area contributed by atoms with Crippen molar-refractivity contribution < 1.29 is 4.79 Å². The second-order valence-corrected chi connectivity index (χ2v) is 3.26. The zero-order chi connectivity index (χ0) is 8.85. The molecule has 0 amide bonds. The molecule has 2 nitrogen and oxygen atoms in total. The summed E-state index contributed by atoms with van der Waals surface area (Å²) in [5, 5.41) is 0. The van der Waals surface area contributed by atoms with E-state index in [-0.39, 0.29) is 11.8 Å². The Morgan fingerprint density at radius 2 is 2.09 bits per heavy atom. The smallest absolute Gasteiger partial charge is 0.146 e. The maximum absolute atomic E-state index is 10.8. The van der Waals surface area contributed by atoms with Crippen molar-refractivity contribution in [2.45, 2.75) is 46.1 Å². The molecular weight excluding hydrogens is 138 g/mol. The lowest BCUT2D eigenvalue weighted by atomic mass is 9.94. The number of carbonyl (C=O) groups excluding carboxylic acids is 1. The molecule has 0 bridgehead atoms. The van der Waals surface area contributed by atoms with Crippen LogP contribution in [0.3, 0.4) is 0 Å². The summed E-state index contributed by atoms with van der Waals surface area (Å²) in [7, 11) is 0. The summed E-state index contributed by atoms with van der Waals surface area (Å²) in [4.78, 5) is 10.8. The Hall–Kier alpha value is -0.370. The molecule has 2 heteroatoms. The Balaban J connectivity index is 3.63. The van der Waals surface area contributed by atoms with Crippen molar-refractivity contribution in [1.29, 1.82) is 0 Å². The van der Waals surface area contributed by atoms with Crippen LogP contribution in [0.4, 0.5) is 0 Å². The normalized spacial score (nSPS) is 16.0. The molecule has 0 aliphatic carbocycles. The fourth-order valence-corrected chi connectivity index (χ4v) is 1.11. The third-order valence-electron chi connectivity index (χ3n) is 2.10. The number of ketones is 1. The Bertz CT molecular complexity index is 123. The molecule has 0 spiro atoms. The van der Waals surface area contributed by atoms with Gasteiger partial charge in [0.15, 0.2) is 0 Å². The van der Waals surface area contributed by atoms with Crippen molar-refractivity contribution in [1.82, 2.24) is 0 Å². The molecule has 0 aromatic heterocycles. The van der Waals surface area contributed by atoms with E-state index in [4.69, 9.17) is 5.73 Å². The van der Waals surface area contributed by atoms with Crippen molar-refractivity contribution in [3.8, 4) is 0 Å². The first kappa shape index (κ1) is 10.6. The van der Waals surface area contributed by atoms with Gasteiger partial charge in [0.2, 0.25) is 0 Å². The van der Waals surface area contributed by atoms with Gasteiger partial charge in [-0.1, -0.05) is 26.7 Å². The van der Waals surface area contributed by atoms with Gasteiger partial charge in [0.25, 0.3) is 0 Å². The van der Waals surface area contributed by atoms with Gasteiger partial charge in [0, 0.05) is 0 Å². The van der Waals surface area contributed by atoms with Crippen LogP contribution in [0.2, 0.25) is 0 Å². The van der Waals surface area contributed by atoms with Gasteiger partial charge < -0.3 is 5.73 Å². The van der Waals surface area contributed by atoms with Crippen LogP contribution >= 0.6 is 0 Å². The minimum atomic E-state index is -0.249. The third-order valence-corrected chi connectivity index (χ3v) is 2.10. The molecule has 2 atom stereocenters. The summed E-state index contributed by atoms with van der Waals surface area (Å²) < 4.78 is 0. The van der Waals surface area contributed by atoms with E-state index in [1.54, 1.807) is 6.92 Å². The van der Waals surface area contributed by atoms with Gasteiger partial charge >= 0.3 is 0 Å². The van der Waals surface area contributed by atoms with Gasteiger partial charge in [-0.3, -0.25) is 4.79 Å². The zero-order valence-corrected chi connectivity index (χ0v) is 7.76. The Kier molecular flexibility index (Phi) is 5.12. The molecule has 0 aromatic rings. The average molecular weight is 157 g/mol. The van der Waals surface area contributed by atoms with Crippen LogP contribution in [-0.2, 0) is 4.79 Å². The van der Waals surface area contributed by atoms with Crippen LogP contribution in [0.25, 0.3) is 0 Å². The summed E-state index contributed by atoms with van der Waals surface area (Å²) in [6, 6.07) is -0.249.